The lowest BCUT2D eigenvalue weighted by Crippen LogP contribution is -2.47. The Kier molecular flexibility index (Phi) is 5.48. The molecule has 2 N–H and O–H groups in total. The van der Waals surface area contributed by atoms with E-state index in [2.05, 4.69) is 10.9 Å². The van der Waals surface area contributed by atoms with Gasteiger partial charge in [-0.05, 0) is 31.9 Å². The van der Waals surface area contributed by atoms with E-state index in [0.717, 1.165) is 6.42 Å². The number of hydrogen-bond donors (Lipinski definition) is 2. The molecule has 2 rings (SSSR count). The lowest BCUT2D eigenvalue weighted by atomic mass is 10.2. The first-order valence-corrected chi connectivity index (χ1v) is 7.05. The van der Waals surface area contributed by atoms with Gasteiger partial charge in [0.25, 0.3) is 11.8 Å². The van der Waals surface area contributed by atoms with Crippen LogP contribution in [0.5, 0.6) is 0 Å². The summed E-state index contributed by atoms with van der Waals surface area (Å²) in [5.74, 6) is -1.63. The molecule has 118 valence electrons. The smallest absolute Gasteiger partial charge is 0.336 e. The molecule has 1 aromatic rings. The molecule has 1 aromatic carbocycles. The van der Waals surface area contributed by atoms with Crippen molar-refractivity contribution in [2.75, 3.05) is 6.61 Å². The lowest BCUT2D eigenvalue weighted by molar-refractivity contribution is -0.163. The summed E-state index contributed by atoms with van der Waals surface area (Å²) in [5.41, 5.74) is 4.89. The summed E-state index contributed by atoms with van der Waals surface area (Å²) in [5, 5.41) is 0. The average molecular weight is 306 g/mol. The van der Waals surface area contributed by atoms with Gasteiger partial charge in [0.05, 0.1) is 0 Å². The van der Waals surface area contributed by atoms with Gasteiger partial charge in [-0.3, -0.25) is 20.4 Å². The molecular formula is C15H18N2O5. The van der Waals surface area contributed by atoms with Crippen molar-refractivity contribution in [2.45, 2.75) is 32.0 Å². The van der Waals surface area contributed by atoms with Crippen LogP contribution in [0.2, 0.25) is 0 Å². The van der Waals surface area contributed by atoms with Gasteiger partial charge in [0.1, 0.15) is 0 Å². The first kappa shape index (κ1) is 16.0. The SMILES string of the molecule is C[C@@H](OC(=O)[C@@H]1CCCO1)C(=O)NNC(=O)c1ccccc1. The van der Waals surface area contributed by atoms with Crippen LogP contribution >= 0.6 is 0 Å². The fourth-order valence-electron chi connectivity index (χ4n) is 1.95. The predicted molar refractivity (Wildman–Crippen MR) is 76.6 cm³/mol. The number of ether oxygens (including phenoxy) is 2. The minimum atomic E-state index is -1.02. The number of benzene rings is 1. The van der Waals surface area contributed by atoms with Gasteiger partial charge in [0.15, 0.2) is 12.2 Å². The average Bonchev–Trinajstić information content (AvgIpc) is 3.07. The number of nitrogens with one attached hydrogen (secondary N) is 2. The van der Waals surface area contributed by atoms with Crippen LogP contribution in [0.1, 0.15) is 30.1 Å². The van der Waals surface area contributed by atoms with E-state index in [4.69, 9.17) is 9.47 Å². The van der Waals surface area contributed by atoms with Crippen LogP contribution in [0.15, 0.2) is 30.3 Å². The van der Waals surface area contributed by atoms with E-state index < -0.39 is 30.0 Å². The summed E-state index contributed by atoms with van der Waals surface area (Å²) >= 11 is 0. The van der Waals surface area contributed by atoms with Crippen LogP contribution in [0, 0.1) is 0 Å². The quantitative estimate of drug-likeness (QED) is 0.626. The number of hydrogen-bond acceptors (Lipinski definition) is 5. The highest BCUT2D eigenvalue weighted by Gasteiger charge is 2.28. The van der Waals surface area contributed by atoms with Crippen LogP contribution < -0.4 is 10.9 Å². The van der Waals surface area contributed by atoms with E-state index in [1.165, 1.54) is 6.92 Å². The zero-order valence-electron chi connectivity index (χ0n) is 12.2. The second-order valence-corrected chi connectivity index (χ2v) is 4.89. The highest BCUT2D eigenvalue weighted by molar-refractivity contribution is 5.95. The first-order valence-electron chi connectivity index (χ1n) is 7.05. The van der Waals surface area contributed by atoms with Crippen LogP contribution in [0.4, 0.5) is 0 Å². The molecule has 1 saturated heterocycles. The zero-order chi connectivity index (χ0) is 15.9. The number of rotatable bonds is 4. The maximum atomic E-state index is 11.8. The van der Waals surface area contributed by atoms with Crippen molar-refractivity contribution in [3.63, 3.8) is 0 Å². The molecule has 1 aliphatic rings. The van der Waals surface area contributed by atoms with Crippen molar-refractivity contribution in [3.8, 4) is 0 Å². The van der Waals surface area contributed by atoms with Crippen molar-refractivity contribution in [1.82, 2.24) is 10.9 Å². The number of carbonyl (C=O) groups is 3. The highest BCUT2D eigenvalue weighted by atomic mass is 16.6. The molecule has 0 saturated carbocycles. The maximum absolute atomic E-state index is 11.8. The second kappa shape index (κ2) is 7.56. The predicted octanol–water partition coefficient (Wildman–Crippen LogP) is 0.558. The summed E-state index contributed by atoms with van der Waals surface area (Å²) < 4.78 is 10.2. The van der Waals surface area contributed by atoms with Gasteiger partial charge < -0.3 is 9.47 Å². The Balaban J connectivity index is 1.76. The van der Waals surface area contributed by atoms with Crippen molar-refractivity contribution < 1.29 is 23.9 Å². The molecule has 22 heavy (non-hydrogen) atoms. The molecule has 7 heteroatoms. The zero-order valence-corrected chi connectivity index (χ0v) is 12.2. The first-order chi connectivity index (χ1) is 10.6. The summed E-state index contributed by atoms with van der Waals surface area (Å²) in [4.78, 5) is 35.2. The molecule has 0 unspecified atom stereocenters. The highest BCUT2D eigenvalue weighted by Crippen LogP contribution is 2.14. The minimum absolute atomic E-state index is 0.409. The fraction of sp³-hybridized carbons (Fsp3) is 0.400. The van der Waals surface area contributed by atoms with E-state index >= 15 is 0 Å². The van der Waals surface area contributed by atoms with Crippen molar-refractivity contribution in [2.24, 2.45) is 0 Å². The number of hydrazine groups is 1. The van der Waals surface area contributed by atoms with E-state index in [9.17, 15) is 14.4 Å². The topological polar surface area (TPSA) is 93.7 Å². The van der Waals surface area contributed by atoms with Crippen molar-refractivity contribution in [3.05, 3.63) is 35.9 Å². The molecular weight excluding hydrogens is 288 g/mol. The molecule has 0 aromatic heterocycles. The summed E-state index contributed by atoms with van der Waals surface area (Å²) in [6.07, 6.45) is -0.229. The third-order valence-electron chi connectivity index (χ3n) is 3.19. The van der Waals surface area contributed by atoms with Gasteiger partial charge in [-0.1, -0.05) is 18.2 Å². The molecule has 2 atom stereocenters. The Morgan fingerprint density at radius 2 is 1.95 bits per heavy atom. The normalized spacial score (nSPS) is 18.3. The van der Waals surface area contributed by atoms with Gasteiger partial charge in [-0.25, -0.2) is 4.79 Å². The van der Waals surface area contributed by atoms with Gasteiger partial charge in [-0.2, -0.15) is 0 Å². The number of amides is 2. The van der Waals surface area contributed by atoms with Crippen LogP contribution in [0.25, 0.3) is 0 Å². The molecule has 0 bridgehead atoms. The standard InChI is InChI=1S/C15H18N2O5/c1-10(22-15(20)12-8-5-9-21-12)13(18)16-17-14(19)11-6-3-2-4-7-11/h2-4,6-7,10,12H,5,8-9H2,1H3,(H,16,18)(H,17,19)/t10-,12+/m1/s1. The number of carbonyl (C=O) groups excluding carboxylic acids is 3. The van der Waals surface area contributed by atoms with Crippen LogP contribution in [-0.2, 0) is 19.1 Å². The van der Waals surface area contributed by atoms with E-state index in [0.29, 0.717) is 18.6 Å². The van der Waals surface area contributed by atoms with Gasteiger partial charge in [-0.15, -0.1) is 0 Å². The molecule has 1 fully saturated rings. The molecule has 0 radical (unpaired) electrons. The van der Waals surface area contributed by atoms with Gasteiger partial charge in [0, 0.05) is 12.2 Å². The molecule has 0 aliphatic carbocycles. The van der Waals surface area contributed by atoms with E-state index in [1.807, 2.05) is 0 Å². The van der Waals surface area contributed by atoms with Gasteiger partial charge in [0.2, 0.25) is 0 Å². The molecule has 1 heterocycles. The Labute approximate surface area is 127 Å². The maximum Gasteiger partial charge on any atom is 0.336 e. The molecule has 2 amide bonds. The van der Waals surface area contributed by atoms with Crippen molar-refractivity contribution in [1.29, 1.82) is 0 Å². The Bertz CT molecular complexity index is 540. The van der Waals surface area contributed by atoms with E-state index in [-0.39, 0.29) is 0 Å². The summed E-state index contributed by atoms with van der Waals surface area (Å²) in [6, 6.07) is 8.43. The Morgan fingerprint density at radius 1 is 1.23 bits per heavy atom. The third-order valence-corrected chi connectivity index (χ3v) is 3.19. The molecule has 7 nitrogen and oxygen atoms in total. The molecule has 0 spiro atoms. The summed E-state index contributed by atoms with van der Waals surface area (Å²) in [6.45, 7) is 1.95. The van der Waals surface area contributed by atoms with Gasteiger partial charge >= 0.3 is 5.97 Å². The largest absolute Gasteiger partial charge is 0.451 e. The van der Waals surface area contributed by atoms with Crippen molar-refractivity contribution >= 4 is 17.8 Å². The summed E-state index contributed by atoms with van der Waals surface area (Å²) in [7, 11) is 0. The Hall–Kier alpha value is -2.41. The Morgan fingerprint density at radius 3 is 2.59 bits per heavy atom. The third kappa shape index (κ3) is 4.29. The number of esters is 1. The van der Waals surface area contributed by atoms with Crippen LogP contribution in [0.3, 0.4) is 0 Å². The fourth-order valence-corrected chi connectivity index (χ4v) is 1.95. The monoisotopic (exact) mass is 306 g/mol. The lowest BCUT2D eigenvalue weighted by Gasteiger charge is -2.16. The minimum Gasteiger partial charge on any atom is -0.451 e. The van der Waals surface area contributed by atoms with E-state index in [1.54, 1.807) is 30.3 Å². The second-order valence-electron chi connectivity index (χ2n) is 4.89. The van der Waals surface area contributed by atoms with Crippen LogP contribution in [-0.4, -0.2) is 36.6 Å². The molecule has 1 aliphatic heterocycles.